The lowest BCUT2D eigenvalue weighted by Crippen LogP contribution is -2.46. The van der Waals surface area contributed by atoms with Crippen molar-refractivity contribution in [3.05, 3.63) is 17.5 Å². The van der Waals surface area contributed by atoms with Gasteiger partial charge < -0.3 is 10.6 Å². The maximum Gasteiger partial charge on any atom is 0.269 e. The molecule has 1 aromatic rings. The van der Waals surface area contributed by atoms with Crippen molar-refractivity contribution in [1.82, 2.24) is 20.4 Å². The molecule has 94 valence electrons. The molecule has 1 amide bonds. The van der Waals surface area contributed by atoms with Crippen LogP contribution in [0.4, 0.5) is 0 Å². The maximum atomic E-state index is 12.1. The molecule has 2 rings (SSSR count). The van der Waals surface area contributed by atoms with Gasteiger partial charge >= 0.3 is 0 Å². The van der Waals surface area contributed by atoms with Crippen molar-refractivity contribution in [2.24, 2.45) is 7.05 Å². The monoisotopic (exact) mass is 236 g/mol. The summed E-state index contributed by atoms with van der Waals surface area (Å²) < 4.78 is 1.66. The van der Waals surface area contributed by atoms with Gasteiger partial charge in [0.1, 0.15) is 5.69 Å². The van der Waals surface area contributed by atoms with Crippen molar-refractivity contribution >= 4 is 5.91 Å². The zero-order chi connectivity index (χ0) is 12.3. The van der Waals surface area contributed by atoms with E-state index >= 15 is 0 Å². The van der Waals surface area contributed by atoms with Crippen molar-refractivity contribution < 1.29 is 4.79 Å². The predicted octanol–water partition coefficient (Wildman–Crippen LogP) is 0.464. The van der Waals surface area contributed by atoms with Crippen LogP contribution in [0, 0.1) is 0 Å². The third-order valence-corrected chi connectivity index (χ3v) is 3.16. The number of nitrogens with one attached hydrogen (secondary N) is 2. The van der Waals surface area contributed by atoms with Crippen LogP contribution in [-0.4, -0.2) is 34.8 Å². The Morgan fingerprint density at radius 3 is 3.12 bits per heavy atom. The Morgan fingerprint density at radius 1 is 1.71 bits per heavy atom. The van der Waals surface area contributed by atoms with E-state index in [-0.39, 0.29) is 11.9 Å². The molecule has 1 aliphatic rings. The third kappa shape index (κ3) is 2.85. The Bertz CT molecular complexity index is 393. The Kier molecular flexibility index (Phi) is 3.78. The van der Waals surface area contributed by atoms with Gasteiger partial charge in [-0.3, -0.25) is 9.48 Å². The first kappa shape index (κ1) is 12.1. The molecule has 0 aliphatic carbocycles. The average Bonchev–Trinajstić information content (AvgIpc) is 2.72. The van der Waals surface area contributed by atoms with Crippen LogP contribution in [0.15, 0.2) is 6.07 Å². The van der Waals surface area contributed by atoms with Gasteiger partial charge in [0.25, 0.3) is 5.91 Å². The van der Waals surface area contributed by atoms with Crippen molar-refractivity contribution in [1.29, 1.82) is 0 Å². The minimum absolute atomic E-state index is 0.0200. The number of amides is 1. The maximum absolute atomic E-state index is 12.1. The molecule has 0 radical (unpaired) electrons. The quantitative estimate of drug-likeness (QED) is 0.802. The van der Waals surface area contributed by atoms with E-state index in [1.54, 1.807) is 4.68 Å². The van der Waals surface area contributed by atoms with Gasteiger partial charge in [-0.25, -0.2) is 0 Å². The molecule has 0 unspecified atom stereocenters. The van der Waals surface area contributed by atoms with Crippen LogP contribution in [-0.2, 0) is 13.5 Å². The van der Waals surface area contributed by atoms with Crippen LogP contribution in [0.2, 0.25) is 0 Å². The van der Waals surface area contributed by atoms with Gasteiger partial charge in [0.15, 0.2) is 0 Å². The fraction of sp³-hybridized carbons (Fsp3) is 0.667. The summed E-state index contributed by atoms with van der Waals surface area (Å²) in [5.41, 5.74) is 1.60. The van der Waals surface area contributed by atoms with Crippen LogP contribution >= 0.6 is 0 Å². The molecule has 1 aliphatic heterocycles. The van der Waals surface area contributed by atoms with Gasteiger partial charge in [0, 0.05) is 19.6 Å². The third-order valence-electron chi connectivity index (χ3n) is 3.16. The second-order valence-corrected chi connectivity index (χ2v) is 4.51. The SMILES string of the molecule is CCc1cc(C(=O)N[C@@H]2CCCNC2)n(C)n1. The fourth-order valence-corrected chi connectivity index (χ4v) is 2.15. The molecule has 1 saturated heterocycles. The van der Waals surface area contributed by atoms with E-state index in [2.05, 4.69) is 15.7 Å². The molecule has 2 N–H and O–H groups in total. The summed E-state index contributed by atoms with van der Waals surface area (Å²) in [5.74, 6) is -0.0200. The summed E-state index contributed by atoms with van der Waals surface area (Å²) in [6.07, 6.45) is 3.03. The predicted molar refractivity (Wildman–Crippen MR) is 65.9 cm³/mol. The molecule has 0 spiro atoms. The molecule has 5 heteroatoms. The zero-order valence-electron chi connectivity index (χ0n) is 10.5. The lowest BCUT2D eigenvalue weighted by atomic mass is 10.1. The van der Waals surface area contributed by atoms with Gasteiger partial charge in [-0.05, 0) is 31.9 Å². The number of carbonyl (C=O) groups excluding carboxylic acids is 1. The van der Waals surface area contributed by atoms with E-state index in [1.807, 2.05) is 20.0 Å². The van der Waals surface area contributed by atoms with Gasteiger partial charge in [-0.1, -0.05) is 6.92 Å². The van der Waals surface area contributed by atoms with Crippen LogP contribution in [0.25, 0.3) is 0 Å². The van der Waals surface area contributed by atoms with Crippen molar-refractivity contribution in [2.45, 2.75) is 32.2 Å². The number of aryl methyl sites for hydroxylation is 2. The highest BCUT2D eigenvalue weighted by Gasteiger charge is 2.18. The highest BCUT2D eigenvalue weighted by Crippen LogP contribution is 2.06. The molecule has 0 bridgehead atoms. The van der Waals surface area contributed by atoms with E-state index in [4.69, 9.17) is 0 Å². The summed E-state index contributed by atoms with van der Waals surface area (Å²) in [5, 5.41) is 10.6. The molecular weight excluding hydrogens is 216 g/mol. The zero-order valence-corrected chi connectivity index (χ0v) is 10.5. The molecule has 1 aromatic heterocycles. The fourth-order valence-electron chi connectivity index (χ4n) is 2.15. The van der Waals surface area contributed by atoms with E-state index < -0.39 is 0 Å². The molecule has 2 heterocycles. The van der Waals surface area contributed by atoms with Crippen molar-refractivity contribution in [3.63, 3.8) is 0 Å². The largest absolute Gasteiger partial charge is 0.347 e. The van der Waals surface area contributed by atoms with E-state index in [9.17, 15) is 4.79 Å². The van der Waals surface area contributed by atoms with Crippen LogP contribution in [0.5, 0.6) is 0 Å². The standard InChI is InChI=1S/C12H20N4O/c1-3-9-7-11(16(2)15-9)12(17)14-10-5-4-6-13-8-10/h7,10,13H,3-6,8H2,1-2H3,(H,14,17)/t10-/m1/s1. The molecule has 0 saturated carbocycles. The number of hydrogen-bond acceptors (Lipinski definition) is 3. The normalized spacial score (nSPS) is 20.2. The summed E-state index contributed by atoms with van der Waals surface area (Å²) in [6.45, 7) is 3.96. The lowest BCUT2D eigenvalue weighted by molar-refractivity contribution is 0.0921. The molecule has 1 fully saturated rings. The first-order chi connectivity index (χ1) is 8.20. The van der Waals surface area contributed by atoms with E-state index in [1.165, 1.54) is 0 Å². The second kappa shape index (κ2) is 5.31. The molecular formula is C12H20N4O. The number of aromatic nitrogens is 2. The number of carbonyl (C=O) groups is 1. The molecule has 0 aromatic carbocycles. The van der Waals surface area contributed by atoms with Crippen molar-refractivity contribution in [2.75, 3.05) is 13.1 Å². The Labute approximate surface area is 102 Å². The number of nitrogens with zero attached hydrogens (tertiary/aromatic N) is 2. The first-order valence-corrected chi connectivity index (χ1v) is 6.25. The number of piperidine rings is 1. The Balaban J connectivity index is 2.00. The molecule has 1 atom stereocenters. The lowest BCUT2D eigenvalue weighted by Gasteiger charge is -2.23. The van der Waals surface area contributed by atoms with Crippen LogP contribution in [0.1, 0.15) is 35.9 Å². The minimum atomic E-state index is -0.0200. The minimum Gasteiger partial charge on any atom is -0.347 e. The van der Waals surface area contributed by atoms with Crippen molar-refractivity contribution in [3.8, 4) is 0 Å². The summed E-state index contributed by atoms with van der Waals surface area (Å²) in [7, 11) is 1.81. The highest BCUT2D eigenvalue weighted by molar-refractivity contribution is 5.92. The van der Waals surface area contributed by atoms with Crippen LogP contribution < -0.4 is 10.6 Å². The van der Waals surface area contributed by atoms with E-state index in [0.717, 1.165) is 38.0 Å². The van der Waals surface area contributed by atoms with Crippen LogP contribution in [0.3, 0.4) is 0 Å². The smallest absolute Gasteiger partial charge is 0.269 e. The Morgan fingerprint density at radius 2 is 2.53 bits per heavy atom. The van der Waals surface area contributed by atoms with Gasteiger partial charge in [0.05, 0.1) is 5.69 Å². The Hall–Kier alpha value is -1.36. The van der Waals surface area contributed by atoms with Gasteiger partial charge in [-0.2, -0.15) is 5.10 Å². The average molecular weight is 236 g/mol. The molecule has 17 heavy (non-hydrogen) atoms. The molecule has 5 nitrogen and oxygen atoms in total. The summed E-state index contributed by atoms with van der Waals surface area (Å²) in [6, 6.07) is 2.11. The second-order valence-electron chi connectivity index (χ2n) is 4.51. The summed E-state index contributed by atoms with van der Waals surface area (Å²) in [4.78, 5) is 12.1. The van der Waals surface area contributed by atoms with E-state index in [0.29, 0.717) is 5.69 Å². The topological polar surface area (TPSA) is 59.0 Å². The first-order valence-electron chi connectivity index (χ1n) is 6.25. The number of hydrogen-bond donors (Lipinski definition) is 2. The van der Waals surface area contributed by atoms with Gasteiger partial charge in [0.2, 0.25) is 0 Å². The summed E-state index contributed by atoms with van der Waals surface area (Å²) >= 11 is 0. The number of rotatable bonds is 3. The van der Waals surface area contributed by atoms with Gasteiger partial charge in [-0.15, -0.1) is 0 Å². The highest BCUT2D eigenvalue weighted by atomic mass is 16.2.